The lowest BCUT2D eigenvalue weighted by Crippen LogP contribution is -2.30. The van der Waals surface area contributed by atoms with Gasteiger partial charge in [0.1, 0.15) is 5.52 Å². The fraction of sp³-hybridized carbons (Fsp3) is 0.312. The molecule has 2 N–H and O–H groups in total. The highest BCUT2D eigenvalue weighted by Crippen LogP contribution is 2.20. The number of hydrogen-bond acceptors (Lipinski definition) is 5. The number of nitrogen functional groups attached to an aromatic ring is 1. The predicted molar refractivity (Wildman–Crippen MR) is 87.4 cm³/mol. The molecule has 21 heavy (non-hydrogen) atoms. The number of oxazole rings is 1. The Kier molecular flexibility index (Phi) is 3.94. The van der Waals surface area contributed by atoms with E-state index < -0.39 is 0 Å². The molecule has 2 heterocycles. The molecule has 0 spiro atoms. The third-order valence-electron chi connectivity index (χ3n) is 3.67. The Labute approximate surface area is 128 Å². The van der Waals surface area contributed by atoms with Gasteiger partial charge in [0.05, 0.1) is 6.54 Å². The van der Waals surface area contributed by atoms with Gasteiger partial charge in [0.25, 0.3) is 0 Å². The van der Waals surface area contributed by atoms with E-state index in [0.29, 0.717) is 18.3 Å². The minimum atomic E-state index is 0.434. The third-order valence-corrected chi connectivity index (χ3v) is 4.57. The maximum atomic E-state index is 5.77. The van der Waals surface area contributed by atoms with Gasteiger partial charge < -0.3 is 10.2 Å². The molecule has 1 atom stereocenters. The molecule has 4 nitrogen and oxygen atoms in total. The molecule has 2 aromatic heterocycles. The summed E-state index contributed by atoms with van der Waals surface area (Å²) in [4.78, 5) is 8.17. The van der Waals surface area contributed by atoms with Gasteiger partial charge >= 0.3 is 0 Å². The lowest BCUT2D eigenvalue weighted by molar-refractivity contribution is 0.227. The van der Waals surface area contributed by atoms with Crippen LogP contribution in [-0.2, 0) is 13.0 Å². The van der Waals surface area contributed by atoms with Crippen molar-refractivity contribution in [2.45, 2.75) is 25.9 Å². The van der Waals surface area contributed by atoms with Crippen LogP contribution in [0.2, 0.25) is 0 Å². The zero-order valence-electron chi connectivity index (χ0n) is 12.2. The SMILES string of the molecule is CC(Cc1cccs1)N(C)Cc1nc2ccc(N)cc2o1. The van der Waals surface area contributed by atoms with Crippen LogP contribution >= 0.6 is 11.3 Å². The second kappa shape index (κ2) is 5.87. The maximum absolute atomic E-state index is 5.77. The number of rotatable bonds is 5. The summed E-state index contributed by atoms with van der Waals surface area (Å²) < 4.78 is 5.77. The van der Waals surface area contributed by atoms with Gasteiger partial charge in [0.15, 0.2) is 5.58 Å². The van der Waals surface area contributed by atoms with E-state index in [1.54, 1.807) is 11.3 Å². The molecule has 1 unspecified atom stereocenters. The van der Waals surface area contributed by atoms with E-state index in [1.165, 1.54) is 4.88 Å². The molecule has 0 aliphatic carbocycles. The van der Waals surface area contributed by atoms with E-state index in [-0.39, 0.29) is 0 Å². The van der Waals surface area contributed by atoms with E-state index >= 15 is 0 Å². The first kappa shape index (κ1) is 14.1. The second-order valence-electron chi connectivity index (χ2n) is 5.38. The molecule has 5 heteroatoms. The largest absolute Gasteiger partial charge is 0.439 e. The van der Waals surface area contributed by atoms with Crippen LogP contribution < -0.4 is 5.73 Å². The predicted octanol–water partition coefficient (Wildman–Crippen LogP) is 3.53. The molecular formula is C16H19N3OS. The summed E-state index contributed by atoms with van der Waals surface area (Å²) in [7, 11) is 2.10. The lowest BCUT2D eigenvalue weighted by atomic mass is 10.2. The highest BCUT2D eigenvalue weighted by molar-refractivity contribution is 7.09. The molecule has 0 aliphatic rings. The Bertz CT molecular complexity index is 720. The van der Waals surface area contributed by atoms with Gasteiger partial charge in [-0.05, 0) is 44.0 Å². The van der Waals surface area contributed by atoms with Crippen molar-refractivity contribution in [3.05, 3.63) is 46.5 Å². The minimum Gasteiger partial charge on any atom is -0.439 e. The summed E-state index contributed by atoms with van der Waals surface area (Å²) in [5.41, 5.74) is 8.07. The highest BCUT2D eigenvalue weighted by atomic mass is 32.1. The zero-order valence-corrected chi connectivity index (χ0v) is 13.1. The summed E-state index contributed by atoms with van der Waals surface area (Å²) in [6.07, 6.45) is 1.04. The number of likely N-dealkylation sites (N-methyl/N-ethyl adjacent to an activating group) is 1. The van der Waals surface area contributed by atoms with E-state index in [4.69, 9.17) is 10.2 Å². The summed E-state index contributed by atoms with van der Waals surface area (Å²) in [5.74, 6) is 0.733. The third kappa shape index (κ3) is 3.25. The second-order valence-corrected chi connectivity index (χ2v) is 6.41. The van der Waals surface area contributed by atoms with Crippen molar-refractivity contribution in [2.24, 2.45) is 0 Å². The van der Waals surface area contributed by atoms with Crippen LogP contribution in [0, 0.1) is 0 Å². The fourth-order valence-corrected chi connectivity index (χ4v) is 3.13. The van der Waals surface area contributed by atoms with Crippen LogP contribution in [0.5, 0.6) is 0 Å². The standard InChI is InChI=1S/C16H19N3OS/c1-11(8-13-4-3-7-21-13)19(2)10-16-18-14-6-5-12(17)9-15(14)20-16/h3-7,9,11H,8,10,17H2,1-2H3. The molecule has 0 bridgehead atoms. The lowest BCUT2D eigenvalue weighted by Gasteiger charge is -2.22. The zero-order chi connectivity index (χ0) is 14.8. The average molecular weight is 301 g/mol. The van der Waals surface area contributed by atoms with E-state index in [2.05, 4.69) is 41.4 Å². The van der Waals surface area contributed by atoms with Crippen molar-refractivity contribution in [3.63, 3.8) is 0 Å². The van der Waals surface area contributed by atoms with Crippen molar-refractivity contribution in [3.8, 4) is 0 Å². The van der Waals surface area contributed by atoms with Crippen LogP contribution in [0.3, 0.4) is 0 Å². The molecule has 0 saturated carbocycles. The molecular weight excluding hydrogens is 282 g/mol. The molecule has 0 aliphatic heterocycles. The number of benzene rings is 1. The van der Waals surface area contributed by atoms with Gasteiger partial charge in [0.2, 0.25) is 5.89 Å². The van der Waals surface area contributed by atoms with Crippen LogP contribution in [0.1, 0.15) is 17.7 Å². The van der Waals surface area contributed by atoms with Crippen molar-refractivity contribution >= 4 is 28.1 Å². The summed E-state index contributed by atoms with van der Waals surface area (Å²) in [6, 6.07) is 10.3. The van der Waals surface area contributed by atoms with Crippen LogP contribution in [0.4, 0.5) is 5.69 Å². The molecule has 3 aromatic rings. The van der Waals surface area contributed by atoms with Crippen molar-refractivity contribution < 1.29 is 4.42 Å². The van der Waals surface area contributed by atoms with Crippen LogP contribution in [0.15, 0.2) is 40.1 Å². The van der Waals surface area contributed by atoms with Gasteiger partial charge in [-0.25, -0.2) is 4.98 Å². The van der Waals surface area contributed by atoms with Crippen molar-refractivity contribution in [2.75, 3.05) is 12.8 Å². The van der Waals surface area contributed by atoms with E-state index in [1.807, 2.05) is 18.2 Å². The maximum Gasteiger partial charge on any atom is 0.209 e. The smallest absolute Gasteiger partial charge is 0.209 e. The molecule has 0 radical (unpaired) electrons. The van der Waals surface area contributed by atoms with Crippen LogP contribution in [-0.4, -0.2) is 23.0 Å². The number of aromatic nitrogens is 1. The van der Waals surface area contributed by atoms with Crippen molar-refractivity contribution in [1.82, 2.24) is 9.88 Å². The molecule has 0 amide bonds. The quantitative estimate of drug-likeness (QED) is 0.732. The number of nitrogens with zero attached hydrogens (tertiary/aromatic N) is 2. The topological polar surface area (TPSA) is 55.3 Å². The number of anilines is 1. The first-order valence-electron chi connectivity index (χ1n) is 6.99. The molecule has 0 saturated heterocycles. The molecule has 1 aromatic carbocycles. The average Bonchev–Trinajstić information content (AvgIpc) is 3.07. The summed E-state index contributed by atoms with van der Waals surface area (Å²) >= 11 is 1.80. The first-order chi connectivity index (χ1) is 10.1. The van der Waals surface area contributed by atoms with Gasteiger partial charge in [0, 0.05) is 22.7 Å². The first-order valence-corrected chi connectivity index (χ1v) is 7.87. The van der Waals surface area contributed by atoms with Gasteiger partial charge in [-0.1, -0.05) is 6.07 Å². The number of thiophene rings is 1. The Morgan fingerprint density at radius 3 is 3.00 bits per heavy atom. The normalized spacial score (nSPS) is 13.1. The van der Waals surface area contributed by atoms with Gasteiger partial charge in [-0.15, -0.1) is 11.3 Å². The molecule has 3 rings (SSSR count). The Morgan fingerprint density at radius 1 is 1.38 bits per heavy atom. The van der Waals surface area contributed by atoms with E-state index in [0.717, 1.165) is 23.4 Å². The number of hydrogen-bond donors (Lipinski definition) is 1. The highest BCUT2D eigenvalue weighted by Gasteiger charge is 2.14. The monoisotopic (exact) mass is 301 g/mol. The van der Waals surface area contributed by atoms with Crippen LogP contribution in [0.25, 0.3) is 11.1 Å². The number of nitrogens with two attached hydrogens (primary N) is 1. The molecule has 0 fully saturated rings. The molecule has 110 valence electrons. The summed E-state index contributed by atoms with van der Waals surface area (Å²) in [5, 5.41) is 2.12. The summed E-state index contributed by atoms with van der Waals surface area (Å²) in [6.45, 7) is 2.92. The van der Waals surface area contributed by atoms with Crippen molar-refractivity contribution in [1.29, 1.82) is 0 Å². The fourth-order valence-electron chi connectivity index (χ4n) is 2.30. The number of fused-ring (bicyclic) bond motifs is 1. The minimum absolute atomic E-state index is 0.434. The Hall–Kier alpha value is -1.85. The van der Waals surface area contributed by atoms with Gasteiger partial charge in [-0.2, -0.15) is 0 Å². The Balaban J connectivity index is 1.69. The van der Waals surface area contributed by atoms with Gasteiger partial charge in [-0.3, -0.25) is 4.90 Å². The van der Waals surface area contributed by atoms with E-state index in [9.17, 15) is 0 Å². The Morgan fingerprint density at radius 2 is 2.24 bits per heavy atom.